The minimum atomic E-state index is -0.289. The number of thiophene rings is 1. The number of hydrogen-bond acceptors (Lipinski definition) is 4. The van der Waals surface area contributed by atoms with E-state index >= 15 is 0 Å². The molecule has 0 aliphatic heterocycles. The summed E-state index contributed by atoms with van der Waals surface area (Å²) in [6.07, 6.45) is 0. The van der Waals surface area contributed by atoms with Gasteiger partial charge in [0.2, 0.25) is 0 Å². The van der Waals surface area contributed by atoms with Gasteiger partial charge in [-0.1, -0.05) is 0 Å². The van der Waals surface area contributed by atoms with Crippen molar-refractivity contribution in [3.8, 4) is 5.75 Å². The van der Waals surface area contributed by atoms with Gasteiger partial charge in [-0.3, -0.25) is 0 Å². The number of nitrogens with one attached hydrogen (secondary N) is 1. The molecular weight excluding hydrogens is 357 g/mol. The van der Waals surface area contributed by atoms with Gasteiger partial charge in [0.15, 0.2) is 0 Å². The zero-order valence-electron chi connectivity index (χ0n) is 11.7. The Bertz CT molecular complexity index is 577. The molecular formula is C15H17BrFNO2S. The molecule has 2 aromatic rings. The summed E-state index contributed by atoms with van der Waals surface area (Å²) in [5.74, 6) is 0.256. The standard InChI is InChI=1S/C15H17BrFNO2S/c1-19-3-2-18-8-11-4-13(17)7-14(5-11)20-9-15-6-12(16)10-21-15/h4-7,10,18H,2-3,8-9H2,1H3. The summed E-state index contributed by atoms with van der Waals surface area (Å²) in [6, 6.07) is 6.76. The molecule has 6 heteroatoms. The van der Waals surface area contributed by atoms with Gasteiger partial charge in [-0.05, 0) is 39.7 Å². The van der Waals surface area contributed by atoms with E-state index in [9.17, 15) is 4.39 Å². The molecule has 0 saturated heterocycles. The molecule has 0 aliphatic carbocycles. The van der Waals surface area contributed by atoms with Crippen LogP contribution in [-0.2, 0) is 17.9 Å². The highest BCUT2D eigenvalue weighted by atomic mass is 79.9. The highest BCUT2D eigenvalue weighted by molar-refractivity contribution is 9.10. The molecule has 1 aromatic carbocycles. The Morgan fingerprint density at radius 2 is 2.14 bits per heavy atom. The first kappa shape index (κ1) is 16.4. The van der Waals surface area contributed by atoms with Crippen LogP contribution in [0, 0.1) is 5.82 Å². The van der Waals surface area contributed by atoms with E-state index in [0.717, 1.165) is 21.5 Å². The molecule has 3 nitrogen and oxygen atoms in total. The molecule has 1 N–H and O–H groups in total. The highest BCUT2D eigenvalue weighted by Crippen LogP contribution is 2.23. The Kier molecular flexibility index (Phi) is 6.63. The van der Waals surface area contributed by atoms with Crippen LogP contribution in [0.15, 0.2) is 34.1 Å². The maximum absolute atomic E-state index is 13.6. The number of benzene rings is 1. The molecule has 1 aromatic heterocycles. The van der Waals surface area contributed by atoms with Crippen molar-refractivity contribution in [2.24, 2.45) is 0 Å². The molecule has 0 saturated carbocycles. The topological polar surface area (TPSA) is 30.5 Å². The van der Waals surface area contributed by atoms with E-state index in [1.165, 1.54) is 12.1 Å². The van der Waals surface area contributed by atoms with Gasteiger partial charge < -0.3 is 14.8 Å². The number of methoxy groups -OCH3 is 1. The van der Waals surface area contributed by atoms with Crippen LogP contribution in [0.2, 0.25) is 0 Å². The summed E-state index contributed by atoms with van der Waals surface area (Å²) in [4.78, 5) is 1.09. The molecule has 0 bridgehead atoms. The second kappa shape index (κ2) is 8.48. The van der Waals surface area contributed by atoms with Crippen LogP contribution >= 0.6 is 27.3 Å². The molecule has 0 radical (unpaired) electrons. The maximum Gasteiger partial charge on any atom is 0.127 e. The van der Waals surface area contributed by atoms with Crippen LogP contribution in [-0.4, -0.2) is 20.3 Å². The Hall–Kier alpha value is -0.950. The van der Waals surface area contributed by atoms with Crippen molar-refractivity contribution in [1.82, 2.24) is 5.32 Å². The Labute approximate surface area is 136 Å². The SMILES string of the molecule is COCCNCc1cc(F)cc(OCc2cc(Br)cs2)c1. The number of ether oxygens (including phenoxy) is 2. The zero-order valence-corrected chi connectivity index (χ0v) is 14.1. The first-order chi connectivity index (χ1) is 10.2. The van der Waals surface area contributed by atoms with Crippen molar-refractivity contribution in [2.75, 3.05) is 20.3 Å². The molecule has 0 fully saturated rings. The predicted molar refractivity (Wildman–Crippen MR) is 86.3 cm³/mol. The average Bonchev–Trinajstić information content (AvgIpc) is 2.87. The monoisotopic (exact) mass is 373 g/mol. The molecule has 0 unspecified atom stereocenters. The fourth-order valence-electron chi connectivity index (χ4n) is 1.80. The number of rotatable bonds is 8. The average molecular weight is 374 g/mol. The quantitative estimate of drug-likeness (QED) is 0.710. The van der Waals surface area contributed by atoms with E-state index in [2.05, 4.69) is 21.2 Å². The Morgan fingerprint density at radius 1 is 1.29 bits per heavy atom. The van der Waals surface area contributed by atoms with E-state index in [-0.39, 0.29) is 5.82 Å². The Balaban J connectivity index is 1.91. The lowest BCUT2D eigenvalue weighted by Gasteiger charge is -2.09. The molecule has 1 heterocycles. The lowest BCUT2D eigenvalue weighted by atomic mass is 10.2. The van der Waals surface area contributed by atoms with Crippen molar-refractivity contribution < 1.29 is 13.9 Å². The second-order valence-electron chi connectivity index (χ2n) is 4.48. The van der Waals surface area contributed by atoms with Gasteiger partial charge in [0.05, 0.1) is 6.61 Å². The van der Waals surface area contributed by atoms with Crippen LogP contribution in [0.5, 0.6) is 5.75 Å². The van der Waals surface area contributed by atoms with Crippen LogP contribution in [0.25, 0.3) is 0 Å². The molecule has 0 spiro atoms. The van der Waals surface area contributed by atoms with Gasteiger partial charge in [0, 0.05) is 41.0 Å². The van der Waals surface area contributed by atoms with Crippen LogP contribution in [0.1, 0.15) is 10.4 Å². The van der Waals surface area contributed by atoms with Crippen LogP contribution in [0.4, 0.5) is 4.39 Å². The van der Waals surface area contributed by atoms with Gasteiger partial charge in [0.25, 0.3) is 0 Å². The highest BCUT2D eigenvalue weighted by Gasteiger charge is 2.04. The van der Waals surface area contributed by atoms with Crippen molar-refractivity contribution >= 4 is 27.3 Å². The number of halogens is 2. The van der Waals surface area contributed by atoms with Gasteiger partial charge in [-0.15, -0.1) is 11.3 Å². The van der Waals surface area contributed by atoms with E-state index in [4.69, 9.17) is 9.47 Å². The third-order valence-electron chi connectivity index (χ3n) is 2.75. The van der Waals surface area contributed by atoms with Crippen LogP contribution in [0.3, 0.4) is 0 Å². The summed E-state index contributed by atoms with van der Waals surface area (Å²) in [6.45, 7) is 2.39. The smallest absolute Gasteiger partial charge is 0.127 e. The normalized spacial score (nSPS) is 10.8. The summed E-state index contributed by atoms with van der Waals surface area (Å²) >= 11 is 5.00. The van der Waals surface area contributed by atoms with Crippen molar-refractivity contribution in [2.45, 2.75) is 13.2 Å². The summed E-state index contributed by atoms with van der Waals surface area (Å²) in [5, 5.41) is 5.18. The van der Waals surface area contributed by atoms with Crippen LogP contribution < -0.4 is 10.1 Å². The molecule has 21 heavy (non-hydrogen) atoms. The minimum Gasteiger partial charge on any atom is -0.488 e. The molecule has 0 amide bonds. The third kappa shape index (κ3) is 5.74. The molecule has 2 rings (SSSR count). The summed E-state index contributed by atoms with van der Waals surface area (Å²) < 4.78 is 25.2. The predicted octanol–water partition coefficient (Wildman–Crippen LogP) is 3.96. The molecule has 0 atom stereocenters. The zero-order chi connectivity index (χ0) is 15.1. The van der Waals surface area contributed by atoms with Gasteiger partial charge in [0.1, 0.15) is 18.2 Å². The molecule has 114 valence electrons. The Morgan fingerprint density at radius 3 is 2.86 bits per heavy atom. The number of hydrogen-bond donors (Lipinski definition) is 1. The van der Waals surface area contributed by atoms with E-state index in [1.54, 1.807) is 18.4 Å². The first-order valence-electron chi connectivity index (χ1n) is 6.52. The largest absolute Gasteiger partial charge is 0.488 e. The first-order valence-corrected chi connectivity index (χ1v) is 8.19. The fourth-order valence-corrected chi connectivity index (χ4v) is 3.16. The van der Waals surface area contributed by atoms with Crippen molar-refractivity contribution in [1.29, 1.82) is 0 Å². The lowest BCUT2D eigenvalue weighted by Crippen LogP contribution is -2.18. The van der Waals surface area contributed by atoms with Gasteiger partial charge in [-0.25, -0.2) is 4.39 Å². The van der Waals surface area contributed by atoms with Crippen molar-refractivity contribution in [3.63, 3.8) is 0 Å². The van der Waals surface area contributed by atoms with E-state index < -0.39 is 0 Å². The fraction of sp³-hybridized carbons (Fsp3) is 0.333. The summed E-state index contributed by atoms with van der Waals surface area (Å²) in [5.41, 5.74) is 0.855. The lowest BCUT2D eigenvalue weighted by molar-refractivity contribution is 0.199. The van der Waals surface area contributed by atoms with Gasteiger partial charge in [-0.2, -0.15) is 0 Å². The minimum absolute atomic E-state index is 0.289. The van der Waals surface area contributed by atoms with E-state index in [0.29, 0.717) is 25.5 Å². The molecule has 0 aliphatic rings. The maximum atomic E-state index is 13.6. The van der Waals surface area contributed by atoms with Crippen molar-refractivity contribution in [3.05, 3.63) is 50.4 Å². The van der Waals surface area contributed by atoms with Gasteiger partial charge >= 0.3 is 0 Å². The second-order valence-corrected chi connectivity index (χ2v) is 6.40. The summed E-state index contributed by atoms with van der Waals surface area (Å²) in [7, 11) is 1.65. The third-order valence-corrected chi connectivity index (χ3v) is 4.42. The van der Waals surface area contributed by atoms with E-state index in [1.807, 2.05) is 17.5 Å².